The summed E-state index contributed by atoms with van der Waals surface area (Å²) in [5, 5.41) is 0. The van der Waals surface area contributed by atoms with Crippen LogP contribution in [0.4, 0.5) is 0 Å². The Morgan fingerprint density at radius 1 is 1.04 bits per heavy atom. The normalized spacial score (nSPS) is 29.8. The van der Waals surface area contributed by atoms with Crippen molar-refractivity contribution < 1.29 is 9.59 Å². The molecule has 2 heterocycles. The van der Waals surface area contributed by atoms with Gasteiger partial charge in [-0.1, -0.05) is 30.3 Å². The van der Waals surface area contributed by atoms with E-state index in [0.29, 0.717) is 11.8 Å². The Morgan fingerprint density at radius 2 is 1.78 bits per heavy atom. The van der Waals surface area contributed by atoms with Crippen molar-refractivity contribution in [2.24, 2.45) is 5.92 Å². The van der Waals surface area contributed by atoms with E-state index in [9.17, 15) is 9.59 Å². The van der Waals surface area contributed by atoms with Crippen LogP contribution in [0.3, 0.4) is 0 Å². The SMILES string of the molecule is O=C(C1CSCN1C(=O)[C@H]1C[C@@H]1c1ccccc1)N1CCCC1. The van der Waals surface area contributed by atoms with Gasteiger partial charge in [0.05, 0.1) is 5.88 Å². The quantitative estimate of drug-likeness (QED) is 0.854. The van der Waals surface area contributed by atoms with Gasteiger partial charge in [-0.15, -0.1) is 11.8 Å². The van der Waals surface area contributed by atoms with Crippen molar-refractivity contribution in [3.8, 4) is 0 Å². The topological polar surface area (TPSA) is 40.6 Å². The fraction of sp³-hybridized carbons (Fsp3) is 0.556. The molecule has 1 unspecified atom stereocenters. The van der Waals surface area contributed by atoms with Crippen molar-refractivity contribution in [2.45, 2.75) is 31.2 Å². The second-order valence-electron chi connectivity index (χ2n) is 6.72. The van der Waals surface area contributed by atoms with Crippen LogP contribution in [0.5, 0.6) is 0 Å². The van der Waals surface area contributed by atoms with Crippen LogP contribution in [-0.4, -0.2) is 52.4 Å². The molecule has 23 heavy (non-hydrogen) atoms. The van der Waals surface area contributed by atoms with Gasteiger partial charge in [-0.3, -0.25) is 9.59 Å². The molecule has 0 radical (unpaired) electrons. The summed E-state index contributed by atoms with van der Waals surface area (Å²) in [6.07, 6.45) is 3.12. The molecule has 1 aliphatic carbocycles. The number of amides is 2. The van der Waals surface area contributed by atoms with Gasteiger partial charge in [0.25, 0.3) is 0 Å². The highest BCUT2D eigenvalue weighted by atomic mass is 32.2. The van der Waals surface area contributed by atoms with Crippen molar-refractivity contribution in [3.05, 3.63) is 35.9 Å². The summed E-state index contributed by atoms with van der Waals surface area (Å²) in [5.74, 6) is 2.19. The predicted octanol–water partition coefficient (Wildman–Crippen LogP) is 2.31. The first kappa shape index (κ1) is 15.1. The summed E-state index contributed by atoms with van der Waals surface area (Å²) < 4.78 is 0. The summed E-state index contributed by atoms with van der Waals surface area (Å²) in [6.45, 7) is 1.72. The molecular weight excluding hydrogens is 308 g/mol. The molecule has 4 rings (SSSR count). The fourth-order valence-electron chi connectivity index (χ4n) is 3.76. The number of thioether (sulfide) groups is 1. The minimum atomic E-state index is -0.234. The lowest BCUT2D eigenvalue weighted by Gasteiger charge is -2.27. The maximum Gasteiger partial charge on any atom is 0.246 e. The largest absolute Gasteiger partial charge is 0.341 e. The van der Waals surface area contributed by atoms with E-state index in [1.165, 1.54) is 5.56 Å². The van der Waals surface area contributed by atoms with Gasteiger partial charge in [-0.05, 0) is 30.7 Å². The average Bonchev–Trinajstić information content (AvgIpc) is 3.01. The van der Waals surface area contributed by atoms with Crippen molar-refractivity contribution in [3.63, 3.8) is 0 Å². The first-order valence-electron chi connectivity index (χ1n) is 8.47. The lowest BCUT2D eigenvalue weighted by Crippen LogP contribution is -2.48. The molecule has 3 atom stereocenters. The zero-order chi connectivity index (χ0) is 15.8. The highest BCUT2D eigenvalue weighted by Crippen LogP contribution is 2.49. The lowest BCUT2D eigenvalue weighted by atomic mass is 10.1. The molecule has 2 amide bonds. The summed E-state index contributed by atoms with van der Waals surface area (Å²) in [7, 11) is 0. The van der Waals surface area contributed by atoms with Crippen molar-refractivity contribution >= 4 is 23.6 Å². The highest BCUT2D eigenvalue weighted by Gasteiger charge is 2.49. The number of benzene rings is 1. The Labute approximate surface area is 141 Å². The molecule has 0 bridgehead atoms. The molecule has 2 saturated heterocycles. The minimum absolute atomic E-state index is 0.0741. The zero-order valence-electron chi connectivity index (χ0n) is 13.2. The summed E-state index contributed by atoms with van der Waals surface area (Å²) in [6, 6.07) is 10.0. The Hall–Kier alpha value is -1.49. The summed E-state index contributed by atoms with van der Waals surface area (Å²) >= 11 is 1.71. The Bertz CT molecular complexity index is 600. The molecule has 1 aromatic carbocycles. The molecule has 122 valence electrons. The smallest absolute Gasteiger partial charge is 0.246 e. The van der Waals surface area contributed by atoms with Crippen LogP contribution in [0.2, 0.25) is 0 Å². The van der Waals surface area contributed by atoms with Gasteiger partial charge in [0.2, 0.25) is 11.8 Å². The molecule has 4 nitrogen and oxygen atoms in total. The first-order chi connectivity index (χ1) is 11.3. The fourth-order valence-corrected chi connectivity index (χ4v) is 4.92. The maximum absolute atomic E-state index is 12.9. The van der Waals surface area contributed by atoms with E-state index in [1.807, 2.05) is 28.0 Å². The molecule has 2 aliphatic heterocycles. The summed E-state index contributed by atoms with van der Waals surface area (Å²) in [5.41, 5.74) is 1.25. The first-order valence-corrected chi connectivity index (χ1v) is 9.63. The standard InChI is InChI=1S/C18H22N2O2S/c21-17(15-10-14(15)13-6-2-1-3-7-13)20-12-23-11-16(20)18(22)19-8-4-5-9-19/h1-3,6-7,14-16H,4-5,8-12H2/t14-,15+,16?/m1/s1. The Morgan fingerprint density at radius 3 is 2.52 bits per heavy atom. The van der Waals surface area contributed by atoms with Crippen molar-refractivity contribution in [1.82, 2.24) is 9.80 Å². The average molecular weight is 330 g/mol. The Balaban J connectivity index is 1.43. The van der Waals surface area contributed by atoms with Crippen molar-refractivity contribution in [2.75, 3.05) is 24.7 Å². The van der Waals surface area contributed by atoms with Crippen LogP contribution < -0.4 is 0 Å². The second kappa shape index (κ2) is 6.19. The zero-order valence-corrected chi connectivity index (χ0v) is 14.0. The van der Waals surface area contributed by atoms with Gasteiger partial charge >= 0.3 is 0 Å². The molecule has 1 saturated carbocycles. The van der Waals surface area contributed by atoms with Crippen LogP contribution >= 0.6 is 11.8 Å². The molecule has 3 aliphatic rings. The van der Waals surface area contributed by atoms with Gasteiger partial charge in [-0.2, -0.15) is 0 Å². The Kier molecular flexibility index (Phi) is 4.05. The van der Waals surface area contributed by atoms with E-state index in [0.717, 1.165) is 38.1 Å². The molecule has 0 spiro atoms. The third-order valence-electron chi connectivity index (χ3n) is 5.20. The number of carbonyl (C=O) groups excluding carboxylic acids is 2. The van der Waals surface area contributed by atoms with Crippen LogP contribution in [0.25, 0.3) is 0 Å². The highest BCUT2D eigenvalue weighted by molar-refractivity contribution is 7.99. The van der Waals surface area contributed by atoms with Crippen LogP contribution in [0.1, 0.15) is 30.7 Å². The van der Waals surface area contributed by atoms with Gasteiger partial charge in [-0.25, -0.2) is 0 Å². The molecule has 0 N–H and O–H groups in total. The maximum atomic E-state index is 12.9. The van der Waals surface area contributed by atoms with Crippen molar-refractivity contribution in [1.29, 1.82) is 0 Å². The number of likely N-dealkylation sites (tertiary alicyclic amines) is 1. The number of hydrogen-bond acceptors (Lipinski definition) is 3. The summed E-state index contributed by atoms with van der Waals surface area (Å²) in [4.78, 5) is 29.3. The lowest BCUT2D eigenvalue weighted by molar-refractivity contribution is -0.143. The monoisotopic (exact) mass is 330 g/mol. The van der Waals surface area contributed by atoms with E-state index in [-0.39, 0.29) is 23.8 Å². The van der Waals surface area contributed by atoms with E-state index in [1.54, 1.807) is 11.8 Å². The van der Waals surface area contributed by atoms with E-state index >= 15 is 0 Å². The number of rotatable bonds is 3. The molecule has 3 fully saturated rings. The minimum Gasteiger partial charge on any atom is -0.341 e. The van der Waals surface area contributed by atoms with Crippen LogP contribution in [0.15, 0.2) is 30.3 Å². The van der Waals surface area contributed by atoms with Gasteiger partial charge in [0.15, 0.2) is 0 Å². The molecule has 5 heteroatoms. The number of nitrogens with zero attached hydrogens (tertiary/aromatic N) is 2. The van der Waals surface area contributed by atoms with Gasteiger partial charge in [0, 0.05) is 24.8 Å². The van der Waals surface area contributed by atoms with Gasteiger partial charge in [0.1, 0.15) is 6.04 Å². The predicted molar refractivity (Wildman–Crippen MR) is 91.1 cm³/mol. The van der Waals surface area contributed by atoms with Crippen LogP contribution in [0, 0.1) is 5.92 Å². The number of carbonyl (C=O) groups is 2. The molecular formula is C18H22N2O2S. The van der Waals surface area contributed by atoms with Gasteiger partial charge < -0.3 is 9.80 Å². The van der Waals surface area contributed by atoms with E-state index in [4.69, 9.17) is 0 Å². The van der Waals surface area contributed by atoms with E-state index in [2.05, 4.69) is 12.1 Å². The van der Waals surface area contributed by atoms with Crippen LogP contribution in [-0.2, 0) is 9.59 Å². The third kappa shape index (κ3) is 2.87. The third-order valence-corrected chi connectivity index (χ3v) is 6.22. The molecule has 0 aromatic heterocycles. The second-order valence-corrected chi connectivity index (χ2v) is 7.72. The number of hydrogen-bond donors (Lipinski definition) is 0. The molecule has 1 aromatic rings. The van der Waals surface area contributed by atoms with E-state index < -0.39 is 0 Å².